The number of amides is 1. The average molecular weight is 216 g/mol. The highest BCUT2D eigenvalue weighted by molar-refractivity contribution is 6.18. The molecule has 2 rings (SSSR count). The van der Waals surface area contributed by atoms with Crippen LogP contribution in [0.4, 0.5) is 0 Å². The monoisotopic (exact) mass is 215 g/mol. The highest BCUT2D eigenvalue weighted by atomic mass is 35.5. The highest BCUT2D eigenvalue weighted by Gasteiger charge is 2.52. The van der Waals surface area contributed by atoms with Crippen molar-refractivity contribution in [3.8, 4) is 0 Å². The van der Waals surface area contributed by atoms with Gasteiger partial charge in [-0.25, -0.2) is 0 Å². The summed E-state index contributed by atoms with van der Waals surface area (Å²) in [6.07, 6.45) is 3.26. The molecule has 3 heteroatoms. The molecule has 0 aromatic carbocycles. The Hall–Kier alpha value is -0.240. The Morgan fingerprint density at radius 2 is 2.21 bits per heavy atom. The minimum atomic E-state index is 0.247. The molecule has 0 radical (unpaired) electrons. The fourth-order valence-electron chi connectivity index (χ4n) is 2.38. The number of carbonyl (C=O) groups excluding carboxylic acids is 1. The van der Waals surface area contributed by atoms with Crippen LogP contribution in [0.1, 0.15) is 33.1 Å². The summed E-state index contributed by atoms with van der Waals surface area (Å²) in [6, 6.07) is 0.306. The molecule has 0 bridgehead atoms. The van der Waals surface area contributed by atoms with Crippen LogP contribution in [0.25, 0.3) is 0 Å². The number of rotatable bonds is 2. The minimum absolute atomic E-state index is 0.247. The molecule has 2 nitrogen and oxygen atoms in total. The van der Waals surface area contributed by atoms with E-state index in [9.17, 15) is 4.79 Å². The second-order valence-electron chi connectivity index (χ2n) is 5.23. The zero-order chi connectivity index (χ0) is 10.3. The van der Waals surface area contributed by atoms with Gasteiger partial charge < -0.3 is 4.90 Å². The largest absolute Gasteiger partial charge is 0.338 e. The zero-order valence-corrected chi connectivity index (χ0v) is 9.68. The van der Waals surface area contributed by atoms with E-state index >= 15 is 0 Å². The van der Waals surface area contributed by atoms with Crippen molar-refractivity contribution in [3.05, 3.63) is 0 Å². The van der Waals surface area contributed by atoms with Gasteiger partial charge in [0.05, 0.1) is 0 Å². The van der Waals surface area contributed by atoms with Crippen molar-refractivity contribution in [2.45, 2.75) is 39.2 Å². The third-order valence-corrected chi connectivity index (χ3v) is 4.01. The summed E-state index contributed by atoms with van der Waals surface area (Å²) >= 11 is 5.85. The first-order valence-electron chi connectivity index (χ1n) is 5.43. The summed E-state index contributed by atoms with van der Waals surface area (Å²) in [7, 11) is 0. The maximum absolute atomic E-state index is 12.1. The van der Waals surface area contributed by atoms with E-state index in [2.05, 4.69) is 13.8 Å². The Balaban J connectivity index is 1.98. The van der Waals surface area contributed by atoms with E-state index < -0.39 is 0 Å². The van der Waals surface area contributed by atoms with Crippen molar-refractivity contribution in [1.29, 1.82) is 0 Å². The van der Waals surface area contributed by atoms with E-state index in [1.165, 1.54) is 0 Å². The van der Waals surface area contributed by atoms with Crippen molar-refractivity contribution in [2.75, 3.05) is 12.4 Å². The lowest BCUT2D eigenvalue weighted by molar-refractivity contribution is -0.133. The predicted molar refractivity (Wildman–Crippen MR) is 57.3 cm³/mol. The minimum Gasteiger partial charge on any atom is -0.338 e. The Bertz CT molecular complexity index is 252. The molecule has 1 saturated carbocycles. The fourth-order valence-corrected chi connectivity index (χ4v) is 2.70. The van der Waals surface area contributed by atoms with Crippen molar-refractivity contribution >= 4 is 17.5 Å². The molecule has 80 valence electrons. The van der Waals surface area contributed by atoms with Crippen molar-refractivity contribution in [3.63, 3.8) is 0 Å². The first-order valence-corrected chi connectivity index (χ1v) is 5.96. The normalized spacial score (nSPS) is 34.6. The molecular formula is C11H18ClNO. The number of nitrogens with zero attached hydrogens (tertiary/aromatic N) is 1. The third-order valence-electron chi connectivity index (χ3n) is 3.65. The number of carbonyl (C=O) groups is 1. The van der Waals surface area contributed by atoms with E-state index in [4.69, 9.17) is 11.6 Å². The van der Waals surface area contributed by atoms with Gasteiger partial charge in [-0.15, -0.1) is 11.6 Å². The smallest absolute Gasteiger partial charge is 0.226 e. The SMILES string of the molecule is CC1(C)CC1C(=O)N1CCC[C@@H]1CCl. The third kappa shape index (κ3) is 1.65. The second-order valence-corrected chi connectivity index (χ2v) is 5.54. The van der Waals surface area contributed by atoms with E-state index in [1.807, 2.05) is 4.90 Å². The molecule has 1 heterocycles. The number of hydrogen-bond acceptors (Lipinski definition) is 1. The van der Waals surface area contributed by atoms with Gasteiger partial charge >= 0.3 is 0 Å². The van der Waals surface area contributed by atoms with Crippen LogP contribution in [0.2, 0.25) is 0 Å². The lowest BCUT2D eigenvalue weighted by atomic mass is 10.1. The molecule has 1 saturated heterocycles. The predicted octanol–water partition coefficient (Wildman–Crippen LogP) is 2.26. The molecule has 2 atom stereocenters. The van der Waals surface area contributed by atoms with Crippen LogP contribution in [-0.2, 0) is 4.79 Å². The van der Waals surface area contributed by atoms with Gasteiger partial charge in [-0.1, -0.05) is 13.8 Å². The lowest BCUT2D eigenvalue weighted by Crippen LogP contribution is -2.38. The molecule has 1 aliphatic carbocycles. The highest BCUT2D eigenvalue weighted by Crippen LogP contribution is 2.52. The molecule has 14 heavy (non-hydrogen) atoms. The summed E-state index contributed by atoms with van der Waals surface area (Å²) in [5.41, 5.74) is 0.247. The molecule has 1 unspecified atom stereocenters. The van der Waals surface area contributed by atoms with Crippen LogP contribution in [0.15, 0.2) is 0 Å². The van der Waals surface area contributed by atoms with Gasteiger partial charge in [0.25, 0.3) is 0 Å². The van der Waals surface area contributed by atoms with Crippen molar-refractivity contribution < 1.29 is 4.79 Å². The van der Waals surface area contributed by atoms with E-state index in [1.54, 1.807) is 0 Å². The number of alkyl halides is 1. The number of halogens is 1. The van der Waals surface area contributed by atoms with Gasteiger partial charge in [-0.2, -0.15) is 0 Å². The lowest BCUT2D eigenvalue weighted by Gasteiger charge is -2.23. The van der Waals surface area contributed by atoms with Crippen molar-refractivity contribution in [1.82, 2.24) is 4.90 Å². The first-order chi connectivity index (χ1) is 6.56. The molecule has 2 aliphatic rings. The van der Waals surface area contributed by atoms with Gasteiger partial charge in [-0.3, -0.25) is 4.79 Å². The van der Waals surface area contributed by atoms with Crippen LogP contribution in [0.5, 0.6) is 0 Å². The molecule has 2 fully saturated rings. The van der Waals surface area contributed by atoms with Crippen molar-refractivity contribution in [2.24, 2.45) is 11.3 Å². The molecular weight excluding hydrogens is 198 g/mol. The van der Waals surface area contributed by atoms with Gasteiger partial charge in [0.2, 0.25) is 5.91 Å². The summed E-state index contributed by atoms with van der Waals surface area (Å²) < 4.78 is 0. The molecule has 1 amide bonds. The van der Waals surface area contributed by atoms with E-state index in [0.29, 0.717) is 17.8 Å². The fraction of sp³-hybridized carbons (Fsp3) is 0.909. The average Bonchev–Trinajstić information content (AvgIpc) is 2.64. The molecule has 0 aromatic heterocycles. The maximum atomic E-state index is 12.1. The van der Waals surface area contributed by atoms with Crippen LogP contribution >= 0.6 is 11.6 Å². The van der Waals surface area contributed by atoms with Gasteiger partial charge in [0, 0.05) is 24.4 Å². The van der Waals surface area contributed by atoms with Gasteiger partial charge in [0.15, 0.2) is 0 Å². The van der Waals surface area contributed by atoms with E-state index in [-0.39, 0.29) is 11.3 Å². The Labute approximate surface area is 90.6 Å². The topological polar surface area (TPSA) is 20.3 Å². The molecule has 0 spiro atoms. The Morgan fingerprint density at radius 3 is 2.71 bits per heavy atom. The number of likely N-dealkylation sites (tertiary alicyclic amines) is 1. The zero-order valence-electron chi connectivity index (χ0n) is 8.92. The summed E-state index contributed by atoms with van der Waals surface area (Å²) in [5, 5.41) is 0. The quantitative estimate of drug-likeness (QED) is 0.648. The van der Waals surface area contributed by atoms with Crippen LogP contribution in [0.3, 0.4) is 0 Å². The van der Waals surface area contributed by atoms with E-state index in [0.717, 1.165) is 25.8 Å². The number of hydrogen-bond donors (Lipinski definition) is 0. The molecule has 1 aliphatic heterocycles. The second kappa shape index (κ2) is 3.41. The van der Waals surface area contributed by atoms with Crippen LogP contribution in [0, 0.1) is 11.3 Å². The Morgan fingerprint density at radius 1 is 1.57 bits per heavy atom. The van der Waals surface area contributed by atoms with Gasteiger partial charge in [-0.05, 0) is 24.7 Å². The Kier molecular flexibility index (Phi) is 2.50. The first kappa shape index (κ1) is 10.3. The van der Waals surface area contributed by atoms with Crippen LogP contribution in [-0.4, -0.2) is 29.3 Å². The summed E-state index contributed by atoms with van der Waals surface area (Å²) in [4.78, 5) is 14.1. The summed E-state index contributed by atoms with van der Waals surface area (Å²) in [5.74, 6) is 1.21. The molecule has 0 aromatic rings. The molecule has 0 N–H and O–H groups in total. The summed E-state index contributed by atoms with van der Waals surface area (Å²) in [6.45, 7) is 5.26. The van der Waals surface area contributed by atoms with Crippen LogP contribution < -0.4 is 0 Å². The maximum Gasteiger partial charge on any atom is 0.226 e. The standard InChI is InChI=1S/C11H18ClNO/c1-11(2)6-9(11)10(14)13-5-3-4-8(13)7-12/h8-9H,3-7H2,1-2H3/t8-,9?/m1/s1. The van der Waals surface area contributed by atoms with Gasteiger partial charge in [0.1, 0.15) is 0 Å².